The highest BCUT2D eigenvalue weighted by Gasteiger charge is 2.06. The van der Waals surface area contributed by atoms with E-state index in [4.69, 9.17) is 0 Å². The minimum atomic E-state index is -0.326. The molecule has 0 aliphatic carbocycles. The van der Waals surface area contributed by atoms with Crippen molar-refractivity contribution in [1.82, 2.24) is 20.2 Å². The fraction of sp³-hybridized carbons (Fsp3) is 0.0909. The largest absolute Gasteiger partial charge is 0.298 e. The lowest BCUT2D eigenvalue weighted by Crippen LogP contribution is -1.94. The van der Waals surface area contributed by atoms with Crippen LogP contribution in [0.25, 0.3) is 11.6 Å². The monoisotopic (exact) mass is 232 g/mol. The molecule has 1 heterocycles. The third kappa shape index (κ3) is 2.60. The molecule has 0 saturated carbocycles. The molecule has 0 aliphatic rings. The van der Waals surface area contributed by atoms with Crippen LogP contribution in [0, 0.1) is 5.82 Å². The molecule has 0 saturated heterocycles. The number of nitrogens with zero attached hydrogens (tertiary/aromatic N) is 4. The van der Waals surface area contributed by atoms with E-state index in [0.717, 1.165) is 0 Å². The van der Waals surface area contributed by atoms with Gasteiger partial charge >= 0.3 is 0 Å². The van der Waals surface area contributed by atoms with E-state index in [9.17, 15) is 9.18 Å². The van der Waals surface area contributed by atoms with E-state index in [1.807, 2.05) is 0 Å². The van der Waals surface area contributed by atoms with Crippen molar-refractivity contribution in [3.05, 3.63) is 41.5 Å². The molecule has 0 bridgehead atoms. The van der Waals surface area contributed by atoms with Crippen LogP contribution in [0.3, 0.4) is 0 Å². The number of benzene rings is 1. The van der Waals surface area contributed by atoms with Crippen molar-refractivity contribution >= 4 is 17.9 Å². The number of aldehydes is 1. The summed E-state index contributed by atoms with van der Waals surface area (Å²) in [6.45, 7) is 0. The molecule has 0 radical (unpaired) electrons. The summed E-state index contributed by atoms with van der Waals surface area (Å²) in [4.78, 5) is 12.2. The molecule has 1 aromatic heterocycles. The Morgan fingerprint density at radius 2 is 2.06 bits per heavy atom. The summed E-state index contributed by atoms with van der Waals surface area (Å²) in [5.41, 5.74) is 0.991. The smallest absolute Gasteiger partial charge is 0.208 e. The topological polar surface area (TPSA) is 60.7 Å². The molecule has 2 aromatic rings. The molecule has 1 aromatic carbocycles. The lowest BCUT2D eigenvalue weighted by molar-refractivity contribution is -0.103. The first-order valence-electron chi connectivity index (χ1n) is 4.86. The third-order valence-corrected chi connectivity index (χ3v) is 2.09. The van der Waals surface area contributed by atoms with Gasteiger partial charge in [-0.3, -0.25) is 4.79 Å². The number of carbonyl (C=O) groups excluding carboxylic acids is 1. The summed E-state index contributed by atoms with van der Waals surface area (Å²) in [6.07, 6.45) is 2.21. The summed E-state index contributed by atoms with van der Waals surface area (Å²) in [5, 5.41) is 11.3. The van der Waals surface area contributed by atoms with Gasteiger partial charge in [-0.25, -0.2) is 4.39 Å². The van der Waals surface area contributed by atoms with E-state index < -0.39 is 0 Å². The van der Waals surface area contributed by atoms with Crippen LogP contribution in [0.5, 0.6) is 0 Å². The van der Waals surface area contributed by atoms with Gasteiger partial charge in [0.1, 0.15) is 5.82 Å². The van der Waals surface area contributed by atoms with Crippen LogP contribution in [0.2, 0.25) is 0 Å². The quantitative estimate of drug-likeness (QED) is 0.587. The molecule has 86 valence electrons. The normalized spacial score (nSPS) is 11.5. The van der Waals surface area contributed by atoms with Crippen LogP contribution in [-0.2, 0) is 11.8 Å². The summed E-state index contributed by atoms with van der Waals surface area (Å²) in [5.74, 6) is -0.0840. The van der Waals surface area contributed by atoms with E-state index in [0.29, 0.717) is 17.4 Å². The van der Waals surface area contributed by atoms with Gasteiger partial charge in [-0.15, -0.1) is 10.2 Å². The number of hydrogen-bond donors (Lipinski definition) is 0. The Balaban J connectivity index is 2.35. The van der Waals surface area contributed by atoms with E-state index >= 15 is 0 Å². The van der Waals surface area contributed by atoms with E-state index in [1.165, 1.54) is 16.9 Å². The van der Waals surface area contributed by atoms with Crippen LogP contribution in [0.4, 0.5) is 4.39 Å². The fourth-order valence-electron chi connectivity index (χ4n) is 1.29. The molecule has 0 fully saturated rings. The van der Waals surface area contributed by atoms with Crippen molar-refractivity contribution in [2.75, 3.05) is 0 Å². The molecule has 0 spiro atoms. The Kier molecular flexibility index (Phi) is 3.04. The first-order chi connectivity index (χ1) is 8.19. The number of allylic oxidation sites excluding steroid dienone is 1. The second-order valence-electron chi connectivity index (χ2n) is 3.37. The molecular weight excluding hydrogens is 223 g/mol. The highest BCUT2D eigenvalue weighted by Crippen LogP contribution is 2.12. The predicted octanol–water partition coefficient (Wildman–Crippen LogP) is 1.09. The zero-order valence-electron chi connectivity index (χ0n) is 9.04. The molecule has 6 heteroatoms. The second kappa shape index (κ2) is 4.65. The molecule has 0 amide bonds. The predicted molar refractivity (Wildman–Crippen MR) is 59.1 cm³/mol. The number of hydrogen-bond acceptors (Lipinski definition) is 4. The van der Waals surface area contributed by atoms with Gasteiger partial charge < -0.3 is 0 Å². The maximum Gasteiger partial charge on any atom is 0.208 e. The van der Waals surface area contributed by atoms with Gasteiger partial charge in [-0.1, -0.05) is 12.1 Å². The lowest BCUT2D eigenvalue weighted by atomic mass is 10.1. The molecule has 0 atom stereocenters. The Hall–Kier alpha value is -2.37. The lowest BCUT2D eigenvalue weighted by Gasteiger charge is -1.95. The Bertz CT molecular complexity index is 559. The molecule has 0 N–H and O–H groups in total. The molecular formula is C11H9FN4O. The van der Waals surface area contributed by atoms with Crippen molar-refractivity contribution in [2.24, 2.45) is 7.05 Å². The first kappa shape index (κ1) is 11.1. The Morgan fingerprint density at radius 1 is 1.35 bits per heavy atom. The number of halogens is 1. The van der Waals surface area contributed by atoms with Gasteiger partial charge in [0.05, 0.1) is 12.6 Å². The zero-order valence-corrected chi connectivity index (χ0v) is 9.04. The molecule has 2 rings (SSSR count). The average molecular weight is 232 g/mol. The minimum absolute atomic E-state index is 0.242. The summed E-state index contributed by atoms with van der Waals surface area (Å²) < 4.78 is 12.7. The molecule has 0 aliphatic heterocycles. The Labute approximate surface area is 96.6 Å². The van der Waals surface area contributed by atoms with Crippen LogP contribution < -0.4 is 0 Å². The van der Waals surface area contributed by atoms with Crippen LogP contribution in [0.1, 0.15) is 11.4 Å². The number of tetrazole rings is 1. The maximum absolute atomic E-state index is 12.7. The van der Waals surface area contributed by atoms with Crippen LogP contribution in [0.15, 0.2) is 24.3 Å². The summed E-state index contributed by atoms with van der Waals surface area (Å²) in [7, 11) is 1.61. The van der Waals surface area contributed by atoms with Gasteiger partial charge in [0.15, 0.2) is 6.29 Å². The van der Waals surface area contributed by atoms with E-state index in [1.54, 1.807) is 25.3 Å². The van der Waals surface area contributed by atoms with Crippen molar-refractivity contribution in [2.45, 2.75) is 0 Å². The summed E-state index contributed by atoms with van der Waals surface area (Å²) >= 11 is 0. The number of aryl methyl sites for hydroxylation is 1. The number of rotatable bonds is 3. The van der Waals surface area contributed by atoms with Crippen LogP contribution in [-0.4, -0.2) is 26.5 Å². The summed E-state index contributed by atoms with van der Waals surface area (Å²) in [6, 6.07) is 5.76. The minimum Gasteiger partial charge on any atom is -0.298 e. The van der Waals surface area contributed by atoms with Crippen molar-refractivity contribution in [3.8, 4) is 0 Å². The van der Waals surface area contributed by atoms with Crippen molar-refractivity contribution < 1.29 is 9.18 Å². The van der Waals surface area contributed by atoms with Gasteiger partial charge in [-0.05, 0) is 29.0 Å². The van der Waals surface area contributed by atoms with Crippen molar-refractivity contribution in [1.29, 1.82) is 0 Å². The Morgan fingerprint density at radius 3 is 2.59 bits per heavy atom. The molecule has 5 nitrogen and oxygen atoms in total. The van der Waals surface area contributed by atoms with Gasteiger partial charge in [0.2, 0.25) is 5.82 Å². The van der Waals surface area contributed by atoms with Gasteiger partial charge in [0, 0.05) is 0 Å². The molecule has 17 heavy (non-hydrogen) atoms. The average Bonchev–Trinajstić information content (AvgIpc) is 2.75. The number of aromatic nitrogens is 4. The third-order valence-electron chi connectivity index (χ3n) is 2.09. The highest BCUT2D eigenvalue weighted by atomic mass is 19.1. The maximum atomic E-state index is 12.7. The van der Waals surface area contributed by atoms with Gasteiger partial charge in [-0.2, -0.15) is 4.80 Å². The fourth-order valence-corrected chi connectivity index (χ4v) is 1.29. The zero-order chi connectivity index (χ0) is 12.3. The second-order valence-corrected chi connectivity index (χ2v) is 3.37. The highest BCUT2D eigenvalue weighted by molar-refractivity contribution is 6.11. The standard InChI is InChI=1S/C11H9FN4O/c1-16-14-11(13-15-16)9(7-17)6-8-2-4-10(12)5-3-8/h2-7H,1H3. The van der Waals surface area contributed by atoms with Gasteiger partial charge in [0.25, 0.3) is 0 Å². The number of carbonyl (C=O) groups is 1. The molecule has 0 unspecified atom stereocenters. The van der Waals surface area contributed by atoms with Crippen molar-refractivity contribution in [3.63, 3.8) is 0 Å². The van der Waals surface area contributed by atoms with Crippen LogP contribution >= 0.6 is 0 Å². The van der Waals surface area contributed by atoms with E-state index in [-0.39, 0.29) is 11.6 Å². The first-order valence-corrected chi connectivity index (χ1v) is 4.86. The van der Waals surface area contributed by atoms with E-state index in [2.05, 4.69) is 15.4 Å². The SMILES string of the molecule is Cn1nnc(C(C=O)=Cc2ccc(F)cc2)n1.